The molecule has 8 nitrogen and oxygen atoms in total. The van der Waals surface area contributed by atoms with Crippen molar-refractivity contribution in [2.45, 2.75) is 19.8 Å². The van der Waals surface area contributed by atoms with E-state index in [2.05, 4.69) is 15.0 Å². The van der Waals surface area contributed by atoms with Gasteiger partial charge in [0, 0.05) is 42.7 Å². The van der Waals surface area contributed by atoms with E-state index >= 15 is 0 Å². The highest BCUT2D eigenvalue weighted by Crippen LogP contribution is 2.24. The van der Waals surface area contributed by atoms with E-state index in [4.69, 9.17) is 4.98 Å². The second-order valence-electron chi connectivity index (χ2n) is 6.34. The molecule has 1 aliphatic heterocycles. The van der Waals surface area contributed by atoms with Crippen LogP contribution < -0.4 is 4.90 Å². The van der Waals surface area contributed by atoms with E-state index in [1.165, 1.54) is 25.0 Å². The molecule has 1 aliphatic rings. The van der Waals surface area contributed by atoms with Crippen molar-refractivity contribution in [1.29, 1.82) is 0 Å². The van der Waals surface area contributed by atoms with Crippen LogP contribution in [-0.2, 0) is 0 Å². The molecule has 1 fully saturated rings. The van der Waals surface area contributed by atoms with Crippen molar-refractivity contribution in [3.8, 4) is 16.9 Å². The van der Waals surface area contributed by atoms with Crippen molar-refractivity contribution in [2.24, 2.45) is 0 Å². The number of rotatable bonds is 4. The first kappa shape index (κ1) is 16.2. The quantitative estimate of drug-likeness (QED) is 0.530. The highest BCUT2D eigenvalue weighted by Gasteiger charge is 2.17. The summed E-state index contributed by atoms with van der Waals surface area (Å²) in [5.74, 6) is 0.764. The summed E-state index contributed by atoms with van der Waals surface area (Å²) in [6.45, 7) is 3.95. The Labute approximate surface area is 150 Å². The van der Waals surface area contributed by atoms with Crippen LogP contribution in [0.25, 0.3) is 16.9 Å². The molecule has 4 rings (SSSR count). The zero-order valence-electron chi connectivity index (χ0n) is 14.4. The number of non-ortho nitro benzene ring substituents is 1. The minimum Gasteiger partial charge on any atom is -0.341 e. The Bertz CT molecular complexity index is 945. The number of benzene rings is 1. The van der Waals surface area contributed by atoms with Gasteiger partial charge in [0.2, 0.25) is 5.95 Å². The standard InChI is InChI=1S/C18H18N6O2/c1-13-10-17(21-18(20-13)22-8-2-3-9-22)14-11-19-23(12-14)15-4-6-16(7-5-15)24(25)26/h4-7,10-12H,2-3,8-9H2,1H3. The number of nitro benzene ring substituents is 1. The molecule has 26 heavy (non-hydrogen) atoms. The number of nitro groups is 1. The molecule has 0 bridgehead atoms. The summed E-state index contributed by atoms with van der Waals surface area (Å²) in [6.07, 6.45) is 5.96. The maximum absolute atomic E-state index is 10.8. The van der Waals surface area contributed by atoms with E-state index < -0.39 is 4.92 Å². The fourth-order valence-corrected chi connectivity index (χ4v) is 3.08. The number of anilines is 1. The van der Waals surface area contributed by atoms with Gasteiger partial charge in [-0.15, -0.1) is 0 Å². The molecular weight excluding hydrogens is 332 g/mol. The Morgan fingerprint density at radius 3 is 2.54 bits per heavy atom. The summed E-state index contributed by atoms with van der Waals surface area (Å²) in [5, 5.41) is 15.1. The van der Waals surface area contributed by atoms with Crippen molar-refractivity contribution >= 4 is 11.6 Å². The normalized spacial score (nSPS) is 14.0. The van der Waals surface area contributed by atoms with Crippen molar-refractivity contribution in [3.05, 3.63) is 58.5 Å². The van der Waals surface area contributed by atoms with Crippen LogP contribution in [-0.4, -0.2) is 37.8 Å². The van der Waals surface area contributed by atoms with Crippen LogP contribution in [0.1, 0.15) is 18.5 Å². The van der Waals surface area contributed by atoms with Gasteiger partial charge in [0.05, 0.1) is 22.5 Å². The number of aryl methyl sites for hydroxylation is 1. The van der Waals surface area contributed by atoms with E-state index in [1.54, 1.807) is 23.0 Å². The Morgan fingerprint density at radius 1 is 1.12 bits per heavy atom. The van der Waals surface area contributed by atoms with E-state index in [0.29, 0.717) is 0 Å². The van der Waals surface area contributed by atoms with Gasteiger partial charge in [-0.2, -0.15) is 5.10 Å². The SMILES string of the molecule is Cc1cc(-c2cnn(-c3ccc([N+](=O)[O-])cc3)c2)nc(N2CCCC2)n1. The molecule has 0 aliphatic carbocycles. The number of nitrogens with zero attached hydrogens (tertiary/aromatic N) is 6. The van der Waals surface area contributed by atoms with Crippen molar-refractivity contribution in [2.75, 3.05) is 18.0 Å². The number of aromatic nitrogens is 4. The summed E-state index contributed by atoms with van der Waals surface area (Å²) < 4.78 is 1.69. The zero-order chi connectivity index (χ0) is 18.1. The lowest BCUT2D eigenvalue weighted by atomic mass is 10.2. The molecule has 1 saturated heterocycles. The molecule has 1 aromatic carbocycles. The first-order valence-corrected chi connectivity index (χ1v) is 8.51. The highest BCUT2D eigenvalue weighted by atomic mass is 16.6. The van der Waals surface area contributed by atoms with Crippen LogP contribution >= 0.6 is 0 Å². The maximum atomic E-state index is 10.8. The molecular formula is C18H18N6O2. The Morgan fingerprint density at radius 2 is 1.85 bits per heavy atom. The van der Waals surface area contributed by atoms with Gasteiger partial charge < -0.3 is 4.90 Å². The second kappa shape index (κ2) is 6.55. The van der Waals surface area contributed by atoms with Crippen LogP contribution in [0.15, 0.2) is 42.7 Å². The molecule has 0 radical (unpaired) electrons. The monoisotopic (exact) mass is 350 g/mol. The molecule has 0 saturated carbocycles. The predicted molar refractivity (Wildman–Crippen MR) is 97.4 cm³/mol. The van der Waals surface area contributed by atoms with E-state index in [-0.39, 0.29) is 5.69 Å². The van der Waals surface area contributed by atoms with E-state index in [1.807, 2.05) is 19.2 Å². The van der Waals surface area contributed by atoms with Crippen molar-refractivity contribution in [3.63, 3.8) is 0 Å². The van der Waals surface area contributed by atoms with Crippen LogP contribution in [0, 0.1) is 17.0 Å². The predicted octanol–water partition coefficient (Wildman–Crippen LogP) is 3.15. The molecule has 2 aromatic heterocycles. The topological polar surface area (TPSA) is 90.0 Å². The third kappa shape index (κ3) is 3.13. The summed E-state index contributed by atoms with van der Waals surface area (Å²) in [5.41, 5.74) is 3.44. The molecule has 132 valence electrons. The average Bonchev–Trinajstić information content (AvgIpc) is 3.33. The molecule has 3 aromatic rings. The van der Waals surface area contributed by atoms with Crippen molar-refractivity contribution < 1.29 is 4.92 Å². The first-order chi connectivity index (χ1) is 12.6. The summed E-state index contributed by atoms with van der Waals surface area (Å²) in [7, 11) is 0. The number of hydrogen-bond donors (Lipinski definition) is 0. The fourth-order valence-electron chi connectivity index (χ4n) is 3.08. The Balaban J connectivity index is 1.64. The van der Waals surface area contributed by atoms with Gasteiger partial charge in [0.15, 0.2) is 0 Å². The molecule has 0 amide bonds. The fraction of sp³-hybridized carbons (Fsp3) is 0.278. The van der Waals surface area contributed by atoms with Crippen LogP contribution in [0.3, 0.4) is 0 Å². The molecule has 8 heteroatoms. The van der Waals surface area contributed by atoms with Gasteiger partial charge in [-0.1, -0.05) is 0 Å². The van der Waals surface area contributed by atoms with E-state index in [0.717, 1.165) is 41.7 Å². The summed E-state index contributed by atoms with van der Waals surface area (Å²) in [4.78, 5) is 21.8. The van der Waals surface area contributed by atoms with Gasteiger partial charge in [0.1, 0.15) is 0 Å². The average molecular weight is 350 g/mol. The van der Waals surface area contributed by atoms with E-state index in [9.17, 15) is 10.1 Å². The van der Waals surface area contributed by atoms with Gasteiger partial charge in [0.25, 0.3) is 5.69 Å². The Hall–Kier alpha value is -3.29. The lowest BCUT2D eigenvalue weighted by Gasteiger charge is -2.16. The highest BCUT2D eigenvalue weighted by molar-refractivity contribution is 5.60. The molecule has 0 unspecified atom stereocenters. The molecule has 0 N–H and O–H groups in total. The molecule has 3 heterocycles. The molecule has 0 spiro atoms. The molecule has 0 atom stereocenters. The van der Waals surface area contributed by atoms with Crippen LogP contribution in [0.5, 0.6) is 0 Å². The smallest absolute Gasteiger partial charge is 0.269 e. The first-order valence-electron chi connectivity index (χ1n) is 8.51. The van der Waals surface area contributed by atoms with Gasteiger partial charge in [-0.05, 0) is 38.0 Å². The summed E-state index contributed by atoms with van der Waals surface area (Å²) >= 11 is 0. The largest absolute Gasteiger partial charge is 0.341 e. The van der Waals surface area contributed by atoms with Gasteiger partial charge in [-0.25, -0.2) is 14.6 Å². The maximum Gasteiger partial charge on any atom is 0.269 e. The van der Waals surface area contributed by atoms with Crippen LogP contribution in [0.2, 0.25) is 0 Å². The minimum atomic E-state index is -0.415. The van der Waals surface area contributed by atoms with Gasteiger partial charge >= 0.3 is 0 Å². The van der Waals surface area contributed by atoms with Gasteiger partial charge in [-0.3, -0.25) is 10.1 Å². The third-order valence-corrected chi connectivity index (χ3v) is 4.43. The lowest BCUT2D eigenvalue weighted by molar-refractivity contribution is -0.384. The Kier molecular flexibility index (Phi) is 4.08. The number of hydrogen-bond acceptors (Lipinski definition) is 6. The third-order valence-electron chi connectivity index (χ3n) is 4.43. The summed E-state index contributed by atoms with van der Waals surface area (Å²) in [6, 6.07) is 8.23. The van der Waals surface area contributed by atoms with Crippen LogP contribution in [0.4, 0.5) is 11.6 Å². The van der Waals surface area contributed by atoms with Crippen molar-refractivity contribution in [1.82, 2.24) is 19.7 Å². The lowest BCUT2D eigenvalue weighted by Crippen LogP contribution is -2.20. The second-order valence-corrected chi connectivity index (χ2v) is 6.34. The minimum absolute atomic E-state index is 0.0582. The zero-order valence-corrected chi connectivity index (χ0v) is 14.4.